The van der Waals surface area contributed by atoms with Crippen LogP contribution in [0.4, 0.5) is 5.82 Å². The Labute approximate surface area is 165 Å². The maximum Gasteiger partial charge on any atom is 0.337 e. The van der Waals surface area contributed by atoms with Crippen molar-refractivity contribution in [3.05, 3.63) is 62.2 Å². The molecule has 0 radical (unpaired) electrons. The van der Waals surface area contributed by atoms with Crippen LogP contribution in [0.25, 0.3) is 0 Å². The third kappa shape index (κ3) is 4.01. The van der Waals surface area contributed by atoms with Crippen LogP contribution in [-0.4, -0.2) is 27.8 Å². The quantitative estimate of drug-likeness (QED) is 0.329. The zero-order chi connectivity index (χ0) is 19.6. The standard InChI is InChI=1S/C19H21N3O3S2/c1-5-8-27-19-21-16-15(17(23)22-19)14(12-7-6-9-26-12)13(11(4)20-16)18(24)25-10(2)3/h5-7,9-10,14H,1,8H2,2-4H3,(H2,20,21,22,23)/t14-/m0/s1. The predicted molar refractivity (Wildman–Crippen MR) is 109 cm³/mol. The molecule has 6 nitrogen and oxygen atoms in total. The molecular formula is C19H21N3O3S2. The van der Waals surface area contributed by atoms with Gasteiger partial charge < -0.3 is 15.0 Å². The van der Waals surface area contributed by atoms with Crippen molar-refractivity contribution >= 4 is 34.9 Å². The lowest BCUT2D eigenvalue weighted by atomic mass is 9.86. The number of rotatable bonds is 6. The van der Waals surface area contributed by atoms with Gasteiger partial charge in [0.15, 0.2) is 5.16 Å². The summed E-state index contributed by atoms with van der Waals surface area (Å²) in [4.78, 5) is 34.0. The van der Waals surface area contributed by atoms with E-state index in [4.69, 9.17) is 4.74 Å². The van der Waals surface area contributed by atoms with Crippen molar-refractivity contribution in [2.24, 2.45) is 0 Å². The van der Waals surface area contributed by atoms with Crippen LogP contribution in [0.5, 0.6) is 0 Å². The van der Waals surface area contributed by atoms with Gasteiger partial charge in [-0.25, -0.2) is 9.78 Å². The summed E-state index contributed by atoms with van der Waals surface area (Å²) in [7, 11) is 0. The highest BCUT2D eigenvalue weighted by Gasteiger charge is 2.37. The van der Waals surface area contributed by atoms with Crippen LogP contribution in [0.15, 0.2) is 51.4 Å². The number of fused-ring (bicyclic) bond motifs is 1. The number of anilines is 1. The fourth-order valence-electron chi connectivity index (χ4n) is 2.93. The molecule has 2 N–H and O–H groups in total. The van der Waals surface area contributed by atoms with Gasteiger partial charge in [0.1, 0.15) is 5.82 Å². The van der Waals surface area contributed by atoms with Crippen LogP contribution in [-0.2, 0) is 9.53 Å². The van der Waals surface area contributed by atoms with Crippen molar-refractivity contribution in [2.75, 3.05) is 11.1 Å². The van der Waals surface area contributed by atoms with Gasteiger partial charge in [-0.05, 0) is 32.2 Å². The van der Waals surface area contributed by atoms with Gasteiger partial charge in [0.2, 0.25) is 0 Å². The van der Waals surface area contributed by atoms with Crippen LogP contribution < -0.4 is 10.9 Å². The largest absolute Gasteiger partial charge is 0.460 e. The Morgan fingerprint density at radius 3 is 2.93 bits per heavy atom. The minimum Gasteiger partial charge on any atom is -0.460 e. The van der Waals surface area contributed by atoms with Crippen LogP contribution in [0.2, 0.25) is 0 Å². The topological polar surface area (TPSA) is 84.1 Å². The highest BCUT2D eigenvalue weighted by Crippen LogP contribution is 2.41. The number of ether oxygens (including phenoxy) is 1. The van der Waals surface area contributed by atoms with E-state index in [9.17, 15) is 9.59 Å². The molecule has 1 aliphatic rings. The lowest BCUT2D eigenvalue weighted by Crippen LogP contribution is -2.31. The molecule has 27 heavy (non-hydrogen) atoms. The molecule has 3 rings (SSSR count). The minimum atomic E-state index is -0.512. The number of aromatic nitrogens is 2. The molecule has 0 spiro atoms. The number of hydrogen-bond acceptors (Lipinski definition) is 7. The van der Waals surface area contributed by atoms with Crippen molar-refractivity contribution in [1.82, 2.24) is 9.97 Å². The van der Waals surface area contributed by atoms with Gasteiger partial charge in [0.05, 0.1) is 23.2 Å². The zero-order valence-electron chi connectivity index (χ0n) is 15.4. The number of allylic oxidation sites excluding steroid dienone is 1. The molecule has 1 aliphatic heterocycles. The second kappa shape index (κ2) is 8.14. The number of thioether (sulfide) groups is 1. The summed E-state index contributed by atoms with van der Waals surface area (Å²) in [5, 5.41) is 5.56. The maximum absolute atomic E-state index is 12.9. The number of thiophene rings is 1. The first-order valence-electron chi connectivity index (χ1n) is 8.52. The number of nitrogens with one attached hydrogen (secondary N) is 2. The fourth-order valence-corrected chi connectivity index (χ4v) is 4.36. The lowest BCUT2D eigenvalue weighted by Gasteiger charge is -2.28. The Morgan fingerprint density at radius 1 is 1.52 bits per heavy atom. The normalized spacial score (nSPS) is 16.1. The number of carbonyl (C=O) groups excluding carboxylic acids is 1. The Balaban J connectivity index is 2.14. The molecule has 0 fully saturated rings. The molecular weight excluding hydrogens is 382 g/mol. The van der Waals surface area contributed by atoms with E-state index in [0.717, 1.165) is 4.88 Å². The fraction of sp³-hybridized carbons (Fsp3) is 0.316. The third-order valence-electron chi connectivity index (χ3n) is 3.95. The van der Waals surface area contributed by atoms with Crippen molar-refractivity contribution in [1.29, 1.82) is 0 Å². The summed E-state index contributed by atoms with van der Waals surface area (Å²) >= 11 is 2.89. The number of H-pyrrole nitrogens is 1. The van der Waals surface area contributed by atoms with Crippen molar-refractivity contribution in [2.45, 2.75) is 37.9 Å². The number of aromatic amines is 1. The van der Waals surface area contributed by atoms with Crippen molar-refractivity contribution in [3.63, 3.8) is 0 Å². The van der Waals surface area contributed by atoms with E-state index in [1.165, 1.54) is 23.1 Å². The van der Waals surface area contributed by atoms with Gasteiger partial charge in [-0.3, -0.25) is 4.79 Å². The molecule has 0 saturated heterocycles. The number of nitrogens with zero attached hydrogens (tertiary/aromatic N) is 1. The van der Waals surface area contributed by atoms with Gasteiger partial charge in [-0.15, -0.1) is 17.9 Å². The SMILES string of the molecule is C=CCSc1nc2c(c(=O)[nH]1)[C@@H](c1cccs1)C(C(=O)OC(C)C)=C(C)N2. The van der Waals surface area contributed by atoms with E-state index in [1.807, 2.05) is 17.5 Å². The van der Waals surface area contributed by atoms with Crippen molar-refractivity contribution < 1.29 is 9.53 Å². The summed E-state index contributed by atoms with van der Waals surface area (Å²) in [6.07, 6.45) is 1.49. The van der Waals surface area contributed by atoms with Gasteiger partial charge in [-0.1, -0.05) is 23.9 Å². The maximum atomic E-state index is 12.9. The van der Waals surface area contributed by atoms with Gasteiger partial charge >= 0.3 is 5.97 Å². The molecule has 0 unspecified atom stereocenters. The van der Waals surface area contributed by atoms with E-state index < -0.39 is 11.9 Å². The number of esters is 1. The molecule has 8 heteroatoms. The monoisotopic (exact) mass is 403 g/mol. The lowest BCUT2D eigenvalue weighted by molar-refractivity contribution is -0.142. The Hall–Kier alpha value is -2.32. The average molecular weight is 404 g/mol. The highest BCUT2D eigenvalue weighted by atomic mass is 32.2. The minimum absolute atomic E-state index is 0.253. The van der Waals surface area contributed by atoms with Gasteiger partial charge in [-0.2, -0.15) is 0 Å². The first-order valence-corrected chi connectivity index (χ1v) is 10.4. The first kappa shape index (κ1) is 19.4. The van der Waals surface area contributed by atoms with E-state index in [0.29, 0.717) is 33.6 Å². The predicted octanol–water partition coefficient (Wildman–Crippen LogP) is 3.89. The Morgan fingerprint density at radius 2 is 2.30 bits per heavy atom. The van der Waals surface area contributed by atoms with Crippen LogP contribution in [0, 0.1) is 0 Å². The third-order valence-corrected chi connectivity index (χ3v) is 5.76. The van der Waals surface area contributed by atoms with E-state index in [2.05, 4.69) is 21.9 Å². The molecule has 3 heterocycles. The molecule has 0 amide bonds. The second-order valence-electron chi connectivity index (χ2n) is 6.30. The van der Waals surface area contributed by atoms with E-state index >= 15 is 0 Å². The average Bonchev–Trinajstić information content (AvgIpc) is 3.12. The van der Waals surface area contributed by atoms with Gasteiger partial charge in [0, 0.05) is 16.3 Å². The molecule has 0 bridgehead atoms. The summed E-state index contributed by atoms with van der Waals surface area (Å²) in [5.41, 5.74) is 1.25. The van der Waals surface area contributed by atoms with E-state index in [-0.39, 0.29) is 11.7 Å². The Bertz CT molecular complexity index is 946. The van der Waals surface area contributed by atoms with Gasteiger partial charge in [0.25, 0.3) is 5.56 Å². The Kier molecular flexibility index (Phi) is 5.86. The summed E-state index contributed by atoms with van der Waals surface area (Å²) < 4.78 is 5.44. The smallest absolute Gasteiger partial charge is 0.337 e. The second-order valence-corrected chi connectivity index (χ2v) is 8.29. The first-order chi connectivity index (χ1) is 12.9. The van der Waals surface area contributed by atoms with E-state index in [1.54, 1.807) is 26.8 Å². The molecule has 0 aliphatic carbocycles. The summed E-state index contributed by atoms with van der Waals surface area (Å²) in [6.45, 7) is 9.09. The summed E-state index contributed by atoms with van der Waals surface area (Å²) in [6, 6.07) is 3.82. The molecule has 0 saturated carbocycles. The molecule has 142 valence electrons. The molecule has 1 atom stereocenters. The van der Waals surface area contributed by atoms with Crippen LogP contribution >= 0.6 is 23.1 Å². The van der Waals surface area contributed by atoms with Crippen LogP contribution in [0.1, 0.15) is 37.1 Å². The number of hydrogen-bond donors (Lipinski definition) is 2. The molecule has 2 aromatic rings. The highest BCUT2D eigenvalue weighted by molar-refractivity contribution is 7.99. The molecule has 0 aromatic carbocycles. The molecule has 2 aromatic heterocycles. The summed E-state index contributed by atoms with van der Waals surface area (Å²) in [5.74, 6) is 0.171. The zero-order valence-corrected chi connectivity index (χ0v) is 17.0. The number of carbonyl (C=O) groups is 1. The van der Waals surface area contributed by atoms with Crippen LogP contribution in [0.3, 0.4) is 0 Å². The van der Waals surface area contributed by atoms with Crippen molar-refractivity contribution in [3.8, 4) is 0 Å².